The normalized spacial score (nSPS) is 14.9. The SMILES string of the molecule is COCC(CN)N(C)C(C)c1cccc(Cl)c1. The largest absolute Gasteiger partial charge is 0.383 e. The van der Waals surface area contributed by atoms with Gasteiger partial charge in [-0.25, -0.2) is 0 Å². The summed E-state index contributed by atoms with van der Waals surface area (Å²) in [5, 5.41) is 0.763. The molecule has 0 aliphatic heterocycles. The third-order valence-electron chi connectivity index (χ3n) is 3.15. The lowest BCUT2D eigenvalue weighted by molar-refractivity contribution is 0.0885. The number of methoxy groups -OCH3 is 1. The van der Waals surface area contributed by atoms with E-state index < -0.39 is 0 Å². The molecule has 0 saturated carbocycles. The van der Waals surface area contributed by atoms with E-state index in [-0.39, 0.29) is 12.1 Å². The first kappa shape index (κ1) is 14.5. The van der Waals surface area contributed by atoms with Gasteiger partial charge >= 0.3 is 0 Å². The minimum Gasteiger partial charge on any atom is -0.383 e. The number of halogens is 1. The van der Waals surface area contributed by atoms with E-state index >= 15 is 0 Å². The maximum atomic E-state index is 6.00. The van der Waals surface area contributed by atoms with Crippen LogP contribution in [0.25, 0.3) is 0 Å². The summed E-state index contributed by atoms with van der Waals surface area (Å²) in [7, 11) is 3.75. The number of benzene rings is 1. The molecule has 17 heavy (non-hydrogen) atoms. The van der Waals surface area contributed by atoms with Crippen LogP contribution in [-0.2, 0) is 4.74 Å². The predicted molar refractivity (Wildman–Crippen MR) is 72.3 cm³/mol. The maximum absolute atomic E-state index is 6.00. The Hall–Kier alpha value is -0.610. The second kappa shape index (κ2) is 6.97. The topological polar surface area (TPSA) is 38.5 Å². The number of nitrogens with two attached hydrogens (primary N) is 1. The van der Waals surface area contributed by atoms with Crippen molar-refractivity contribution >= 4 is 11.6 Å². The summed E-state index contributed by atoms with van der Waals surface area (Å²) < 4.78 is 5.18. The minimum atomic E-state index is 0.217. The number of nitrogens with zero attached hydrogens (tertiary/aromatic N) is 1. The lowest BCUT2D eigenvalue weighted by Crippen LogP contribution is -2.42. The highest BCUT2D eigenvalue weighted by Gasteiger charge is 2.19. The number of hydrogen-bond donors (Lipinski definition) is 1. The first-order chi connectivity index (χ1) is 8.10. The van der Waals surface area contributed by atoms with Crippen molar-refractivity contribution in [3.8, 4) is 0 Å². The summed E-state index contributed by atoms with van der Waals surface area (Å²) >= 11 is 6.00. The fraction of sp³-hybridized carbons (Fsp3) is 0.538. The van der Waals surface area contributed by atoms with Gasteiger partial charge in [-0.3, -0.25) is 4.90 Å². The minimum absolute atomic E-state index is 0.217. The third-order valence-corrected chi connectivity index (χ3v) is 3.38. The van der Waals surface area contributed by atoms with E-state index in [4.69, 9.17) is 22.1 Å². The number of likely N-dealkylation sites (N-methyl/N-ethyl adjacent to an activating group) is 1. The van der Waals surface area contributed by atoms with Crippen molar-refractivity contribution in [1.82, 2.24) is 4.90 Å². The van der Waals surface area contributed by atoms with Crippen molar-refractivity contribution in [3.63, 3.8) is 0 Å². The van der Waals surface area contributed by atoms with Gasteiger partial charge in [0, 0.05) is 30.8 Å². The number of hydrogen-bond acceptors (Lipinski definition) is 3. The fourth-order valence-corrected chi connectivity index (χ4v) is 2.06. The Morgan fingerprint density at radius 1 is 1.47 bits per heavy atom. The summed E-state index contributed by atoms with van der Waals surface area (Å²) in [4.78, 5) is 2.22. The molecular weight excluding hydrogens is 236 g/mol. The molecule has 2 atom stereocenters. The summed E-state index contributed by atoms with van der Waals surface area (Å²) in [5.41, 5.74) is 6.95. The Labute approximate surface area is 109 Å². The molecule has 0 aliphatic carbocycles. The van der Waals surface area contributed by atoms with Gasteiger partial charge < -0.3 is 10.5 Å². The van der Waals surface area contributed by atoms with Gasteiger partial charge in [0.25, 0.3) is 0 Å². The van der Waals surface area contributed by atoms with Crippen molar-refractivity contribution in [2.45, 2.75) is 19.0 Å². The zero-order chi connectivity index (χ0) is 12.8. The molecule has 0 radical (unpaired) electrons. The van der Waals surface area contributed by atoms with Crippen molar-refractivity contribution in [1.29, 1.82) is 0 Å². The molecule has 0 amide bonds. The highest BCUT2D eigenvalue weighted by atomic mass is 35.5. The van der Waals surface area contributed by atoms with Gasteiger partial charge in [-0.05, 0) is 31.7 Å². The fourth-order valence-electron chi connectivity index (χ4n) is 1.86. The van der Waals surface area contributed by atoms with E-state index in [9.17, 15) is 0 Å². The molecule has 0 fully saturated rings. The van der Waals surface area contributed by atoms with Gasteiger partial charge in [-0.2, -0.15) is 0 Å². The van der Waals surface area contributed by atoms with Crippen LogP contribution in [0.4, 0.5) is 0 Å². The highest BCUT2D eigenvalue weighted by Crippen LogP contribution is 2.23. The van der Waals surface area contributed by atoms with Gasteiger partial charge in [-0.1, -0.05) is 23.7 Å². The second-order valence-electron chi connectivity index (χ2n) is 4.24. The first-order valence-electron chi connectivity index (χ1n) is 5.76. The average Bonchev–Trinajstić information content (AvgIpc) is 2.34. The molecule has 2 unspecified atom stereocenters. The number of ether oxygens (including phenoxy) is 1. The molecule has 0 aliphatic rings. The molecule has 96 valence electrons. The van der Waals surface area contributed by atoms with Crippen LogP contribution in [0.2, 0.25) is 5.02 Å². The molecule has 1 aromatic rings. The molecule has 2 N–H and O–H groups in total. The molecule has 0 saturated heterocycles. The molecular formula is C13H21ClN2O. The summed E-state index contributed by atoms with van der Waals surface area (Å²) in [6.07, 6.45) is 0. The quantitative estimate of drug-likeness (QED) is 0.849. The van der Waals surface area contributed by atoms with E-state index in [0.29, 0.717) is 13.2 Å². The van der Waals surface area contributed by atoms with Crippen LogP contribution in [0.5, 0.6) is 0 Å². The summed E-state index contributed by atoms with van der Waals surface area (Å²) in [6, 6.07) is 8.39. The van der Waals surface area contributed by atoms with Crippen LogP contribution in [0, 0.1) is 0 Å². The van der Waals surface area contributed by atoms with Crippen LogP contribution >= 0.6 is 11.6 Å². The van der Waals surface area contributed by atoms with E-state index in [1.165, 1.54) is 5.56 Å². The Kier molecular flexibility index (Phi) is 5.92. The zero-order valence-corrected chi connectivity index (χ0v) is 11.4. The smallest absolute Gasteiger partial charge is 0.0630 e. The monoisotopic (exact) mass is 256 g/mol. The Morgan fingerprint density at radius 3 is 2.71 bits per heavy atom. The van der Waals surface area contributed by atoms with Crippen LogP contribution in [-0.4, -0.2) is 38.3 Å². The van der Waals surface area contributed by atoms with Gasteiger partial charge in [0.05, 0.1) is 6.61 Å². The molecule has 1 aromatic carbocycles. The molecule has 1 rings (SSSR count). The highest BCUT2D eigenvalue weighted by molar-refractivity contribution is 6.30. The summed E-state index contributed by atoms with van der Waals surface area (Å²) in [5.74, 6) is 0. The van der Waals surface area contributed by atoms with E-state index in [0.717, 1.165) is 5.02 Å². The van der Waals surface area contributed by atoms with Crippen molar-refractivity contribution in [2.24, 2.45) is 5.73 Å². The van der Waals surface area contributed by atoms with Crippen LogP contribution in [0.1, 0.15) is 18.5 Å². The number of rotatable bonds is 6. The van der Waals surface area contributed by atoms with E-state index in [1.54, 1.807) is 7.11 Å². The van der Waals surface area contributed by atoms with Crippen molar-refractivity contribution < 1.29 is 4.74 Å². The van der Waals surface area contributed by atoms with Crippen molar-refractivity contribution in [2.75, 3.05) is 27.3 Å². The van der Waals surface area contributed by atoms with Gasteiger partial charge in [0.2, 0.25) is 0 Å². The third kappa shape index (κ3) is 3.96. The molecule has 4 heteroatoms. The lowest BCUT2D eigenvalue weighted by atomic mass is 10.1. The van der Waals surface area contributed by atoms with E-state index in [2.05, 4.69) is 24.9 Å². The van der Waals surface area contributed by atoms with Crippen LogP contribution in [0.15, 0.2) is 24.3 Å². The molecule has 0 bridgehead atoms. The van der Waals surface area contributed by atoms with Gasteiger partial charge in [0.15, 0.2) is 0 Å². The zero-order valence-electron chi connectivity index (χ0n) is 10.7. The Balaban J connectivity index is 2.77. The first-order valence-corrected chi connectivity index (χ1v) is 6.14. The van der Waals surface area contributed by atoms with Crippen LogP contribution < -0.4 is 5.73 Å². The summed E-state index contributed by atoms with van der Waals surface area (Å²) in [6.45, 7) is 3.36. The Bertz CT molecular complexity index is 346. The molecule has 0 heterocycles. The maximum Gasteiger partial charge on any atom is 0.0630 e. The predicted octanol–water partition coefficient (Wildman–Crippen LogP) is 2.31. The second-order valence-corrected chi connectivity index (χ2v) is 4.68. The van der Waals surface area contributed by atoms with E-state index in [1.807, 2.05) is 18.2 Å². The van der Waals surface area contributed by atoms with Gasteiger partial charge in [-0.15, -0.1) is 0 Å². The average molecular weight is 257 g/mol. The van der Waals surface area contributed by atoms with Crippen molar-refractivity contribution in [3.05, 3.63) is 34.9 Å². The lowest BCUT2D eigenvalue weighted by Gasteiger charge is -2.32. The van der Waals surface area contributed by atoms with Crippen LogP contribution in [0.3, 0.4) is 0 Å². The molecule has 0 aromatic heterocycles. The van der Waals surface area contributed by atoms with Gasteiger partial charge in [0.1, 0.15) is 0 Å². The molecule has 3 nitrogen and oxygen atoms in total. The standard InChI is InChI=1S/C13H21ClN2O/c1-10(11-5-4-6-12(14)7-11)16(2)13(8-15)9-17-3/h4-7,10,13H,8-9,15H2,1-3H3. The Morgan fingerprint density at radius 2 is 2.18 bits per heavy atom. The molecule has 0 spiro atoms.